The highest BCUT2D eigenvalue weighted by Gasteiger charge is 2.31. The van der Waals surface area contributed by atoms with Crippen LogP contribution in [0.25, 0.3) is 0 Å². The van der Waals surface area contributed by atoms with Gasteiger partial charge in [-0.15, -0.1) is 12.4 Å². The second kappa shape index (κ2) is 4.13. The molecule has 2 unspecified atom stereocenters. The molecule has 1 aliphatic heterocycles. The van der Waals surface area contributed by atoms with Crippen LogP contribution in [0.3, 0.4) is 0 Å². The molecule has 3 heteroatoms. The Balaban J connectivity index is 0. The van der Waals surface area contributed by atoms with Gasteiger partial charge in [0, 0.05) is 0 Å². The summed E-state index contributed by atoms with van der Waals surface area (Å²) in [6, 6.07) is 0. The second-order valence-corrected chi connectivity index (χ2v) is 1.79. The van der Waals surface area contributed by atoms with Gasteiger partial charge in [-0.25, -0.2) is 0 Å². The maximum atomic E-state index is 5.07. The van der Waals surface area contributed by atoms with Crippen molar-refractivity contribution in [3.8, 4) is 0 Å². The number of hydrogen-bond donors (Lipinski definition) is 1. The summed E-state index contributed by atoms with van der Waals surface area (Å²) in [5.41, 5.74) is 0. The summed E-state index contributed by atoms with van der Waals surface area (Å²) in [5.74, 6) is 0. The van der Waals surface area contributed by atoms with E-state index in [0.29, 0.717) is 12.2 Å². The van der Waals surface area contributed by atoms with E-state index in [2.05, 4.69) is 13.8 Å². The molecule has 0 radical (unpaired) electrons. The predicted octanol–water partition coefficient (Wildman–Crippen LogP) is 1.77. The lowest BCUT2D eigenvalue weighted by Gasteiger charge is -1.72. The molecule has 1 rings (SSSR count). The highest BCUT2D eigenvalue weighted by atomic mass is 35.5. The van der Waals surface area contributed by atoms with E-state index in [-0.39, 0.29) is 18.6 Å². The second-order valence-electron chi connectivity index (χ2n) is 1.79. The first-order valence-electron chi connectivity index (χ1n) is 2.50. The van der Waals surface area contributed by atoms with Crippen LogP contribution in [0.1, 0.15) is 20.3 Å². The van der Waals surface area contributed by atoms with Crippen LogP contribution in [0.4, 0.5) is 0 Å². The Morgan fingerprint density at radius 2 is 1.88 bits per heavy atom. The summed E-state index contributed by atoms with van der Waals surface area (Å²) in [6.07, 6.45) is 2.35. The van der Waals surface area contributed by atoms with Crippen LogP contribution in [0, 0.1) is 0 Å². The maximum absolute atomic E-state index is 5.07. The monoisotopic (exact) mass is 139 g/mol. The number of hydrogen-bond acceptors (Lipinski definition) is 2. The number of ether oxygens (including phenoxy) is 1. The van der Waals surface area contributed by atoms with Crippen LogP contribution < -0.4 is 6.15 Å². The molecule has 0 aromatic rings. The molecule has 1 saturated heterocycles. The molecule has 3 N–H and O–H groups in total. The Bertz CT molecular complexity index is 58.4. The molecule has 0 saturated carbocycles. The Kier molecular flexibility index (Phi) is 5.71. The van der Waals surface area contributed by atoms with Crippen LogP contribution in [0.2, 0.25) is 0 Å². The lowest BCUT2D eigenvalue weighted by atomic mass is 10.3. The third-order valence-electron chi connectivity index (χ3n) is 1.24. The molecule has 1 aliphatic rings. The molecule has 1 fully saturated rings. The zero-order valence-corrected chi connectivity index (χ0v) is 6.20. The summed E-state index contributed by atoms with van der Waals surface area (Å²) < 4.78 is 5.07. The Labute approximate surface area is 56.6 Å². The van der Waals surface area contributed by atoms with E-state index in [1.807, 2.05) is 0 Å². The van der Waals surface area contributed by atoms with Gasteiger partial charge >= 0.3 is 0 Å². The molecule has 0 aliphatic carbocycles. The molecule has 0 bridgehead atoms. The fraction of sp³-hybridized carbons (Fsp3) is 1.00. The van der Waals surface area contributed by atoms with E-state index in [9.17, 15) is 0 Å². The smallest absolute Gasteiger partial charge is 0.0836 e. The zero-order valence-electron chi connectivity index (χ0n) is 5.39. The van der Waals surface area contributed by atoms with Gasteiger partial charge in [-0.05, 0) is 13.3 Å². The molecule has 2 atom stereocenters. The Hall–Kier alpha value is 0.210. The zero-order chi connectivity index (χ0) is 4.57. The van der Waals surface area contributed by atoms with Crippen molar-refractivity contribution in [1.82, 2.24) is 6.15 Å². The van der Waals surface area contributed by atoms with Crippen molar-refractivity contribution < 1.29 is 4.74 Å². The van der Waals surface area contributed by atoms with Gasteiger partial charge in [0.15, 0.2) is 0 Å². The van der Waals surface area contributed by atoms with Crippen molar-refractivity contribution in [3.05, 3.63) is 0 Å². The van der Waals surface area contributed by atoms with E-state index >= 15 is 0 Å². The highest BCUT2D eigenvalue weighted by molar-refractivity contribution is 5.85. The first-order chi connectivity index (χ1) is 2.84. The summed E-state index contributed by atoms with van der Waals surface area (Å²) in [6.45, 7) is 4.25. The average Bonchev–Trinajstić information content (AvgIpc) is 2.19. The summed E-state index contributed by atoms with van der Waals surface area (Å²) in [4.78, 5) is 0. The first kappa shape index (κ1) is 11.1. The topological polar surface area (TPSA) is 47.5 Å². The van der Waals surface area contributed by atoms with Crippen LogP contribution in [-0.4, -0.2) is 12.2 Å². The van der Waals surface area contributed by atoms with Crippen LogP contribution in [-0.2, 0) is 4.74 Å². The van der Waals surface area contributed by atoms with Crippen LogP contribution in [0.15, 0.2) is 0 Å². The van der Waals surface area contributed by atoms with E-state index in [4.69, 9.17) is 4.74 Å². The van der Waals surface area contributed by atoms with Crippen molar-refractivity contribution in [2.45, 2.75) is 32.5 Å². The van der Waals surface area contributed by atoms with E-state index in [1.165, 1.54) is 6.42 Å². The molecule has 8 heavy (non-hydrogen) atoms. The largest absolute Gasteiger partial charge is 0.370 e. The standard InChI is InChI=1S/C5H10O.ClH.H3N/c1-3-5-4(2)6-5;;/h4-5H,3H2,1-2H3;1H;1H3. The van der Waals surface area contributed by atoms with Gasteiger partial charge in [-0.2, -0.15) is 0 Å². The van der Waals surface area contributed by atoms with Gasteiger partial charge < -0.3 is 10.9 Å². The number of halogens is 1. The number of epoxide rings is 1. The average molecular weight is 140 g/mol. The molecule has 1 heterocycles. The third kappa shape index (κ3) is 2.50. The highest BCUT2D eigenvalue weighted by Crippen LogP contribution is 2.22. The van der Waals surface area contributed by atoms with Crippen molar-refractivity contribution in [1.29, 1.82) is 0 Å². The van der Waals surface area contributed by atoms with Gasteiger partial charge in [-0.3, -0.25) is 0 Å². The molecule has 0 aromatic carbocycles. The summed E-state index contributed by atoms with van der Waals surface area (Å²) in [5, 5.41) is 0. The molecule has 0 spiro atoms. The SMILES string of the molecule is CCC1OC1C.Cl.N. The molecule has 0 amide bonds. The van der Waals surface area contributed by atoms with Gasteiger partial charge in [0.05, 0.1) is 12.2 Å². The predicted molar refractivity (Wildman–Crippen MR) is 36.9 cm³/mol. The van der Waals surface area contributed by atoms with Crippen molar-refractivity contribution in [2.24, 2.45) is 0 Å². The van der Waals surface area contributed by atoms with E-state index < -0.39 is 0 Å². The number of rotatable bonds is 1. The molecule has 2 nitrogen and oxygen atoms in total. The van der Waals surface area contributed by atoms with Crippen molar-refractivity contribution in [3.63, 3.8) is 0 Å². The molecule has 52 valence electrons. The fourth-order valence-corrected chi connectivity index (χ4v) is 0.659. The lowest BCUT2D eigenvalue weighted by molar-refractivity contribution is 0.375. The Morgan fingerprint density at radius 1 is 1.50 bits per heavy atom. The molecular weight excluding hydrogens is 126 g/mol. The van der Waals surface area contributed by atoms with Gasteiger partial charge in [0.1, 0.15) is 0 Å². The van der Waals surface area contributed by atoms with Gasteiger partial charge in [0.2, 0.25) is 0 Å². The minimum Gasteiger partial charge on any atom is -0.370 e. The third-order valence-corrected chi connectivity index (χ3v) is 1.24. The first-order valence-corrected chi connectivity index (χ1v) is 2.50. The quantitative estimate of drug-likeness (QED) is 0.563. The van der Waals surface area contributed by atoms with Gasteiger partial charge in [-0.1, -0.05) is 6.92 Å². The molecule has 0 aromatic heterocycles. The van der Waals surface area contributed by atoms with Crippen molar-refractivity contribution in [2.75, 3.05) is 0 Å². The minimum atomic E-state index is 0. The van der Waals surface area contributed by atoms with Crippen molar-refractivity contribution >= 4 is 12.4 Å². The minimum absolute atomic E-state index is 0. The normalized spacial score (nSPS) is 32.2. The lowest BCUT2D eigenvalue weighted by Crippen LogP contribution is -1.81. The maximum Gasteiger partial charge on any atom is 0.0836 e. The van der Waals surface area contributed by atoms with E-state index in [1.54, 1.807) is 0 Å². The molecular formula is C5H14ClNO. The van der Waals surface area contributed by atoms with Crippen LogP contribution >= 0.6 is 12.4 Å². The van der Waals surface area contributed by atoms with E-state index in [0.717, 1.165) is 0 Å². The summed E-state index contributed by atoms with van der Waals surface area (Å²) in [7, 11) is 0. The summed E-state index contributed by atoms with van der Waals surface area (Å²) >= 11 is 0. The Morgan fingerprint density at radius 3 is 1.88 bits per heavy atom. The fourth-order valence-electron chi connectivity index (χ4n) is 0.659. The van der Waals surface area contributed by atoms with Gasteiger partial charge in [0.25, 0.3) is 0 Å². The van der Waals surface area contributed by atoms with Crippen LogP contribution in [0.5, 0.6) is 0 Å².